The largest absolute Gasteiger partial charge is 0.488 e. The van der Waals surface area contributed by atoms with Crippen LogP contribution >= 0.6 is 0 Å². The molecule has 0 aliphatic carbocycles. The molecule has 5 nitrogen and oxygen atoms in total. The Hall–Kier alpha value is -1.36. The molecule has 0 radical (unpaired) electrons. The van der Waals surface area contributed by atoms with E-state index >= 15 is 0 Å². The summed E-state index contributed by atoms with van der Waals surface area (Å²) in [7, 11) is 0. The maximum Gasteiger partial charge on any atom is 0.272 e. The number of nitrogens with one attached hydrogen (secondary N) is 2. The van der Waals surface area contributed by atoms with Crippen molar-refractivity contribution in [2.75, 3.05) is 11.9 Å². The van der Waals surface area contributed by atoms with Crippen LogP contribution < -0.4 is 26.2 Å². The molecule has 0 spiro atoms. The molecular weight excluding hydrogens is 256 g/mol. The minimum Gasteiger partial charge on any atom is -0.488 e. The summed E-state index contributed by atoms with van der Waals surface area (Å²) in [5.41, 5.74) is -0.634. The second-order valence-corrected chi connectivity index (χ2v) is 6.94. The average molecular weight is 280 g/mol. The second kappa shape index (κ2) is 4.88. The van der Waals surface area contributed by atoms with Crippen molar-refractivity contribution in [3.8, 4) is 5.75 Å². The van der Waals surface area contributed by atoms with Gasteiger partial charge in [-0.05, 0) is 47.5 Å². The predicted octanol–water partition coefficient (Wildman–Crippen LogP) is 1.40. The van der Waals surface area contributed by atoms with Gasteiger partial charge in [0.15, 0.2) is 5.75 Å². The molecule has 0 amide bonds. The molecule has 0 atom stereocenters. The Bertz CT molecular complexity index is 552. The van der Waals surface area contributed by atoms with Crippen molar-refractivity contribution >= 4 is 5.69 Å². The van der Waals surface area contributed by atoms with Gasteiger partial charge in [-0.3, -0.25) is 9.59 Å². The summed E-state index contributed by atoms with van der Waals surface area (Å²) in [5.74, 6) is 0.201. The number of rotatable bonds is 4. The van der Waals surface area contributed by atoms with E-state index < -0.39 is 10.9 Å². The summed E-state index contributed by atoms with van der Waals surface area (Å²) in [6.45, 7) is 10.8. The molecule has 2 rings (SSSR count). The van der Waals surface area contributed by atoms with Crippen molar-refractivity contribution in [2.45, 2.75) is 64.6 Å². The summed E-state index contributed by atoms with van der Waals surface area (Å²) in [6.07, 6.45) is 1.78. The fraction of sp³-hybridized carbons (Fsp3) is 0.733. The molecule has 0 saturated carbocycles. The van der Waals surface area contributed by atoms with Gasteiger partial charge in [-0.2, -0.15) is 0 Å². The van der Waals surface area contributed by atoms with Gasteiger partial charge >= 0.3 is 0 Å². The quantitative estimate of drug-likeness (QED) is 0.816. The number of hydrogen-bond donors (Lipinski definition) is 2. The first-order chi connectivity index (χ1) is 9.15. The van der Waals surface area contributed by atoms with Crippen molar-refractivity contribution < 1.29 is 4.74 Å². The highest BCUT2D eigenvalue weighted by atomic mass is 16.5. The lowest BCUT2D eigenvalue weighted by Gasteiger charge is -2.47. The molecule has 1 saturated heterocycles. The van der Waals surface area contributed by atoms with Gasteiger partial charge in [0.1, 0.15) is 5.69 Å². The highest BCUT2D eigenvalue weighted by Gasteiger charge is 2.38. The lowest BCUT2D eigenvalue weighted by molar-refractivity contribution is 0.170. The molecule has 20 heavy (non-hydrogen) atoms. The number of piperidine rings is 1. The van der Waals surface area contributed by atoms with Gasteiger partial charge in [0, 0.05) is 17.1 Å². The maximum atomic E-state index is 11.7. The predicted molar refractivity (Wildman–Crippen MR) is 80.5 cm³/mol. The Balaban J connectivity index is 2.16. The third-order valence-corrected chi connectivity index (χ3v) is 3.69. The van der Waals surface area contributed by atoms with Crippen LogP contribution in [0.2, 0.25) is 0 Å². The normalized spacial score (nSPS) is 21.9. The lowest BCUT2D eigenvalue weighted by Crippen LogP contribution is -2.60. The summed E-state index contributed by atoms with van der Waals surface area (Å²) in [5, 5.41) is 6.81. The zero-order valence-electron chi connectivity index (χ0n) is 12.9. The van der Waals surface area contributed by atoms with Crippen LogP contribution in [0.3, 0.4) is 0 Å². The van der Waals surface area contributed by atoms with E-state index in [1.165, 1.54) is 0 Å². The van der Waals surface area contributed by atoms with Crippen LogP contribution in [0, 0.1) is 0 Å². The summed E-state index contributed by atoms with van der Waals surface area (Å²) < 4.78 is 5.25. The minimum absolute atomic E-state index is 0.0114. The molecule has 112 valence electrons. The minimum atomic E-state index is -0.512. The van der Waals surface area contributed by atoms with Crippen molar-refractivity contribution in [1.29, 1.82) is 0 Å². The van der Waals surface area contributed by atoms with E-state index in [1.54, 1.807) is 6.92 Å². The fourth-order valence-corrected chi connectivity index (χ4v) is 3.41. The summed E-state index contributed by atoms with van der Waals surface area (Å²) in [4.78, 5) is 23.2. The van der Waals surface area contributed by atoms with E-state index in [0.29, 0.717) is 12.3 Å². The molecule has 5 heteroatoms. The molecule has 1 fully saturated rings. The van der Waals surface area contributed by atoms with E-state index in [2.05, 4.69) is 38.3 Å². The number of anilines is 1. The Morgan fingerprint density at radius 2 is 1.70 bits per heavy atom. The number of hydrogen-bond acceptors (Lipinski definition) is 5. The molecule has 0 unspecified atom stereocenters. The van der Waals surface area contributed by atoms with E-state index in [-0.39, 0.29) is 22.9 Å². The average Bonchev–Trinajstić information content (AvgIpc) is 2.29. The first-order valence-electron chi connectivity index (χ1n) is 7.17. The zero-order chi connectivity index (χ0) is 15.1. The van der Waals surface area contributed by atoms with Gasteiger partial charge in [-0.15, -0.1) is 0 Å². The van der Waals surface area contributed by atoms with Gasteiger partial charge in [0.25, 0.3) is 10.9 Å². The SMILES string of the molecule is CCOc1c(NC2CC(C)(C)NC(C)(C)C2)c(=O)c1=O. The van der Waals surface area contributed by atoms with Crippen LogP contribution in [-0.4, -0.2) is 23.7 Å². The monoisotopic (exact) mass is 280 g/mol. The van der Waals surface area contributed by atoms with Crippen LogP contribution in [0.4, 0.5) is 5.69 Å². The highest BCUT2D eigenvalue weighted by molar-refractivity contribution is 5.62. The van der Waals surface area contributed by atoms with Crippen molar-refractivity contribution in [3.05, 3.63) is 20.4 Å². The first kappa shape index (κ1) is 15.0. The fourth-order valence-electron chi connectivity index (χ4n) is 3.41. The van der Waals surface area contributed by atoms with Gasteiger partial charge in [0.05, 0.1) is 6.61 Å². The van der Waals surface area contributed by atoms with Gasteiger partial charge in [-0.25, -0.2) is 0 Å². The Kier molecular flexibility index (Phi) is 3.67. The van der Waals surface area contributed by atoms with Gasteiger partial charge in [-0.1, -0.05) is 0 Å². The standard InChI is InChI=1S/C15H24N2O3/c1-6-20-13-10(11(18)12(13)19)16-9-7-14(2,3)17-15(4,5)8-9/h9,16-17H,6-8H2,1-5H3. The van der Waals surface area contributed by atoms with E-state index in [9.17, 15) is 9.59 Å². The van der Waals surface area contributed by atoms with Crippen LogP contribution in [0.1, 0.15) is 47.5 Å². The molecule has 1 aromatic rings. The van der Waals surface area contributed by atoms with E-state index in [0.717, 1.165) is 12.8 Å². The van der Waals surface area contributed by atoms with Crippen LogP contribution in [0.25, 0.3) is 0 Å². The van der Waals surface area contributed by atoms with Gasteiger partial charge < -0.3 is 15.4 Å². The van der Waals surface area contributed by atoms with Gasteiger partial charge in [0.2, 0.25) is 0 Å². The first-order valence-corrected chi connectivity index (χ1v) is 7.17. The van der Waals surface area contributed by atoms with Crippen molar-refractivity contribution in [3.63, 3.8) is 0 Å². The summed E-state index contributed by atoms with van der Waals surface area (Å²) in [6, 6.07) is 0.156. The lowest BCUT2D eigenvalue weighted by atomic mass is 9.79. The molecule has 1 heterocycles. The van der Waals surface area contributed by atoms with Crippen molar-refractivity contribution in [2.24, 2.45) is 0 Å². The molecular formula is C15H24N2O3. The zero-order valence-corrected chi connectivity index (χ0v) is 12.9. The van der Waals surface area contributed by atoms with Crippen LogP contribution in [0.15, 0.2) is 9.59 Å². The molecule has 1 aromatic carbocycles. The summed E-state index contributed by atoms with van der Waals surface area (Å²) >= 11 is 0. The molecule has 1 aliphatic heterocycles. The third kappa shape index (κ3) is 2.87. The maximum absolute atomic E-state index is 11.7. The smallest absolute Gasteiger partial charge is 0.272 e. The Morgan fingerprint density at radius 3 is 2.20 bits per heavy atom. The van der Waals surface area contributed by atoms with Crippen LogP contribution in [-0.2, 0) is 0 Å². The molecule has 0 bridgehead atoms. The highest BCUT2D eigenvalue weighted by Crippen LogP contribution is 2.31. The molecule has 1 aliphatic rings. The van der Waals surface area contributed by atoms with Crippen LogP contribution in [0.5, 0.6) is 5.75 Å². The van der Waals surface area contributed by atoms with E-state index in [1.807, 2.05) is 0 Å². The van der Waals surface area contributed by atoms with Crippen molar-refractivity contribution in [1.82, 2.24) is 5.32 Å². The molecule has 0 aromatic heterocycles. The molecule has 2 N–H and O–H groups in total. The second-order valence-electron chi connectivity index (χ2n) is 6.94. The van der Waals surface area contributed by atoms with E-state index in [4.69, 9.17) is 4.74 Å². The topological polar surface area (TPSA) is 67.4 Å². The Labute approximate surface area is 119 Å². The Morgan fingerprint density at radius 1 is 1.15 bits per heavy atom. The third-order valence-electron chi connectivity index (χ3n) is 3.69. The number of ether oxygens (including phenoxy) is 1.